The first kappa shape index (κ1) is 17.9. The first-order valence-corrected chi connectivity index (χ1v) is 8.02. The minimum Gasteiger partial charge on any atom is -0.548 e. The second-order valence-corrected chi connectivity index (χ2v) is 6.26. The third-order valence-electron chi connectivity index (χ3n) is 3.21. The van der Waals surface area contributed by atoms with Gasteiger partial charge in [-0.3, -0.25) is 14.9 Å². The van der Waals surface area contributed by atoms with Crippen molar-refractivity contribution in [3.8, 4) is 11.5 Å². The van der Waals surface area contributed by atoms with E-state index in [4.69, 9.17) is 9.47 Å². The van der Waals surface area contributed by atoms with Gasteiger partial charge in [0.15, 0.2) is 11.5 Å². The molecule has 9 nitrogen and oxygen atoms in total. The average molecular weight is 355 g/mol. The lowest BCUT2D eigenvalue weighted by Crippen LogP contribution is -2.48. The van der Waals surface area contributed by atoms with Gasteiger partial charge in [0.1, 0.15) is 0 Å². The molecule has 1 N–H and O–H groups in total. The van der Waals surface area contributed by atoms with Crippen molar-refractivity contribution >= 4 is 23.6 Å². The van der Waals surface area contributed by atoms with Crippen LogP contribution in [-0.4, -0.2) is 41.9 Å². The van der Waals surface area contributed by atoms with E-state index in [1.54, 1.807) is 18.2 Å². The van der Waals surface area contributed by atoms with Gasteiger partial charge in [0.2, 0.25) is 19.2 Å². The Morgan fingerprint density at radius 3 is 2.71 bits per heavy atom. The van der Waals surface area contributed by atoms with Gasteiger partial charge in [0.25, 0.3) is 0 Å². The quantitative estimate of drug-likeness (QED) is 0.498. The largest absolute Gasteiger partial charge is 0.548 e. The molecule has 1 aromatic carbocycles. The van der Waals surface area contributed by atoms with Crippen molar-refractivity contribution in [3.63, 3.8) is 0 Å². The molecule has 2 rings (SSSR count). The zero-order valence-corrected chi connectivity index (χ0v) is 13.5. The first-order chi connectivity index (χ1) is 11.4. The number of hydrogen-bond acceptors (Lipinski definition) is 8. The molecule has 0 bridgehead atoms. The van der Waals surface area contributed by atoms with Crippen molar-refractivity contribution in [3.05, 3.63) is 33.9 Å². The number of benzene rings is 1. The molecular formula is C14H15N2O7S-. The number of carbonyl (C=O) groups excluding carboxylic acids is 2. The number of fused-ring (bicyclic) bond motifs is 1. The Labute approximate surface area is 141 Å². The molecule has 0 aromatic heterocycles. The summed E-state index contributed by atoms with van der Waals surface area (Å²) in [6, 6.07) is 3.72. The number of carboxylic acid groups (broad SMARTS) is 1. The van der Waals surface area contributed by atoms with Gasteiger partial charge in [-0.2, -0.15) is 0 Å². The van der Waals surface area contributed by atoms with Crippen LogP contribution >= 0.6 is 11.8 Å². The highest BCUT2D eigenvalue weighted by atomic mass is 32.2. The Morgan fingerprint density at radius 1 is 1.38 bits per heavy atom. The van der Waals surface area contributed by atoms with E-state index >= 15 is 0 Å². The third-order valence-corrected chi connectivity index (χ3v) is 4.56. The molecule has 1 aliphatic rings. The molecule has 2 atom stereocenters. The molecule has 1 aromatic rings. The lowest BCUT2D eigenvalue weighted by atomic mass is 10.1. The van der Waals surface area contributed by atoms with Crippen LogP contribution in [0.3, 0.4) is 0 Å². The highest BCUT2D eigenvalue weighted by Gasteiger charge is 2.24. The Hall–Kier alpha value is -2.49. The predicted octanol–water partition coefficient (Wildman–Crippen LogP) is -0.279. The summed E-state index contributed by atoms with van der Waals surface area (Å²) in [4.78, 5) is 32.5. The Kier molecular flexibility index (Phi) is 5.85. The number of nitrogens with zero attached hydrogens (tertiary/aromatic N) is 1. The Balaban J connectivity index is 2.11. The molecule has 1 aliphatic heterocycles. The van der Waals surface area contributed by atoms with Gasteiger partial charge >= 0.3 is 0 Å². The smallest absolute Gasteiger partial charge is 0.231 e. The molecule has 0 unspecified atom stereocenters. The van der Waals surface area contributed by atoms with E-state index in [9.17, 15) is 24.8 Å². The lowest BCUT2D eigenvalue weighted by Gasteiger charge is -2.21. The monoisotopic (exact) mass is 355 g/mol. The number of carbonyl (C=O) groups is 2. The summed E-state index contributed by atoms with van der Waals surface area (Å²) in [5.74, 6) is -0.981. The van der Waals surface area contributed by atoms with Crippen LogP contribution < -0.4 is 19.9 Å². The number of nitrogens with one attached hydrogen (secondary N) is 1. The third kappa shape index (κ3) is 4.75. The van der Waals surface area contributed by atoms with Crippen molar-refractivity contribution in [1.29, 1.82) is 0 Å². The van der Waals surface area contributed by atoms with Gasteiger partial charge in [-0.25, -0.2) is 0 Å². The van der Waals surface area contributed by atoms with Crippen LogP contribution in [0.2, 0.25) is 0 Å². The Morgan fingerprint density at radius 2 is 2.08 bits per heavy atom. The van der Waals surface area contributed by atoms with Gasteiger partial charge in [-0.15, -0.1) is 11.8 Å². The minimum absolute atomic E-state index is 0.0607. The van der Waals surface area contributed by atoms with Gasteiger partial charge < -0.3 is 24.7 Å². The molecule has 0 spiro atoms. The molecule has 0 aliphatic carbocycles. The Bertz CT molecular complexity index is 652. The van der Waals surface area contributed by atoms with E-state index in [1.165, 1.54) is 6.92 Å². The van der Waals surface area contributed by atoms with E-state index in [0.29, 0.717) is 17.1 Å². The fraction of sp³-hybridized carbons (Fsp3) is 0.429. The van der Waals surface area contributed by atoms with Gasteiger partial charge in [0.05, 0.1) is 17.3 Å². The standard InChI is InChI=1S/C14H16N2O7S/c1-8(17)15-10(14(18)19)6-24-13(5-16(20)21)9-2-3-11-12(4-9)23-7-22-11/h2-4,10,13H,5-7H2,1H3,(H,15,17)(H,18,19)/p-1/t10-,13+/m1/s1. The van der Waals surface area contributed by atoms with Crippen molar-refractivity contribution in [2.45, 2.75) is 18.2 Å². The lowest BCUT2D eigenvalue weighted by molar-refractivity contribution is -0.479. The van der Waals surface area contributed by atoms with E-state index in [2.05, 4.69) is 5.32 Å². The number of aliphatic carboxylic acids is 1. The summed E-state index contributed by atoms with van der Waals surface area (Å²) in [5.41, 5.74) is 0.612. The highest BCUT2D eigenvalue weighted by Crippen LogP contribution is 2.38. The topological polar surface area (TPSA) is 131 Å². The summed E-state index contributed by atoms with van der Waals surface area (Å²) in [5, 5.41) is 23.6. The van der Waals surface area contributed by atoms with Crippen LogP contribution in [0.15, 0.2) is 18.2 Å². The number of amides is 1. The maximum atomic E-state index is 11.1. The van der Waals surface area contributed by atoms with E-state index in [0.717, 1.165) is 11.8 Å². The maximum absolute atomic E-state index is 11.1. The number of carboxylic acids is 1. The molecule has 1 heterocycles. The second-order valence-electron chi connectivity index (χ2n) is 5.02. The highest BCUT2D eigenvalue weighted by molar-refractivity contribution is 7.99. The van der Waals surface area contributed by atoms with Crippen LogP contribution in [0.5, 0.6) is 11.5 Å². The summed E-state index contributed by atoms with van der Waals surface area (Å²) < 4.78 is 10.4. The number of nitro groups is 1. The van der Waals surface area contributed by atoms with Crippen LogP contribution in [0.1, 0.15) is 17.7 Å². The summed E-state index contributed by atoms with van der Waals surface area (Å²) in [6.07, 6.45) is 0. The number of rotatable bonds is 8. The van der Waals surface area contributed by atoms with Crippen LogP contribution in [-0.2, 0) is 9.59 Å². The van der Waals surface area contributed by atoms with Crippen molar-refractivity contribution < 1.29 is 29.1 Å². The van der Waals surface area contributed by atoms with Crippen LogP contribution in [0.4, 0.5) is 0 Å². The molecule has 24 heavy (non-hydrogen) atoms. The molecular weight excluding hydrogens is 340 g/mol. The van der Waals surface area contributed by atoms with Crippen molar-refractivity contribution in [2.24, 2.45) is 0 Å². The van der Waals surface area contributed by atoms with Gasteiger partial charge in [-0.05, 0) is 17.7 Å². The second kappa shape index (κ2) is 7.86. The maximum Gasteiger partial charge on any atom is 0.231 e. The molecule has 1 amide bonds. The van der Waals surface area contributed by atoms with E-state index in [1.807, 2.05) is 0 Å². The molecule has 0 radical (unpaired) electrons. The molecule has 0 saturated carbocycles. The fourth-order valence-electron chi connectivity index (χ4n) is 2.13. The number of hydrogen-bond donors (Lipinski definition) is 1. The summed E-state index contributed by atoms with van der Waals surface area (Å²) >= 11 is 1.05. The van der Waals surface area contributed by atoms with Gasteiger partial charge in [0, 0.05) is 17.6 Å². The summed E-state index contributed by atoms with van der Waals surface area (Å²) in [7, 11) is 0. The molecule has 10 heteroatoms. The minimum atomic E-state index is -1.44. The fourth-order valence-corrected chi connectivity index (χ4v) is 3.34. The zero-order chi connectivity index (χ0) is 17.7. The predicted molar refractivity (Wildman–Crippen MR) is 82.2 cm³/mol. The zero-order valence-electron chi connectivity index (χ0n) is 12.7. The van der Waals surface area contributed by atoms with Crippen LogP contribution in [0.25, 0.3) is 0 Å². The number of ether oxygens (including phenoxy) is 2. The molecule has 0 fully saturated rings. The molecule has 0 saturated heterocycles. The van der Waals surface area contributed by atoms with E-state index in [-0.39, 0.29) is 12.5 Å². The summed E-state index contributed by atoms with van der Waals surface area (Å²) in [6.45, 7) is 0.873. The van der Waals surface area contributed by atoms with Gasteiger partial charge in [-0.1, -0.05) is 6.07 Å². The average Bonchev–Trinajstić information content (AvgIpc) is 2.96. The van der Waals surface area contributed by atoms with Crippen molar-refractivity contribution in [1.82, 2.24) is 5.32 Å². The van der Waals surface area contributed by atoms with Crippen molar-refractivity contribution in [2.75, 3.05) is 19.1 Å². The molecule has 130 valence electrons. The van der Waals surface area contributed by atoms with Crippen LogP contribution in [0, 0.1) is 10.1 Å². The van der Waals surface area contributed by atoms with E-state index < -0.39 is 34.6 Å². The SMILES string of the molecule is CC(=O)N[C@H](CS[C@@H](C[N+](=O)[O-])c1ccc2c(c1)OCO2)C(=O)[O-]. The first-order valence-electron chi connectivity index (χ1n) is 6.97. The number of thioether (sulfide) groups is 1. The normalized spacial score (nSPS) is 14.7.